The summed E-state index contributed by atoms with van der Waals surface area (Å²) in [6.07, 6.45) is -26.3. The zero-order valence-corrected chi connectivity index (χ0v) is 31.5. The van der Waals surface area contributed by atoms with E-state index < -0.39 is 155 Å². The first-order valence-electron chi connectivity index (χ1n) is 16.8. The third-order valence-electron chi connectivity index (χ3n) is 8.73. The first-order valence-corrected chi connectivity index (χ1v) is 18.3. The summed E-state index contributed by atoms with van der Waals surface area (Å²) in [4.78, 5) is 81.6. The van der Waals surface area contributed by atoms with Crippen LogP contribution >= 0.6 is 7.82 Å². The van der Waals surface area contributed by atoms with Crippen molar-refractivity contribution in [2.45, 2.75) is 125 Å². The number of aldehydes is 1. The van der Waals surface area contributed by atoms with Crippen molar-refractivity contribution in [2.75, 3.05) is 19.8 Å². The Hall–Kier alpha value is -3.51. The van der Waals surface area contributed by atoms with E-state index in [1.165, 1.54) is 6.92 Å². The Kier molecular flexibility index (Phi) is 16.8. The number of nitrogens with two attached hydrogens (primary N) is 2. The first-order chi connectivity index (χ1) is 26.4. The Morgan fingerprint density at radius 3 is 1.98 bits per heavy atom. The number of rotatable bonds is 18. The highest BCUT2D eigenvalue weighted by Gasteiger charge is 2.61. The van der Waals surface area contributed by atoms with Crippen molar-refractivity contribution in [3.8, 4) is 0 Å². The lowest BCUT2D eigenvalue weighted by atomic mass is 9.85. The van der Waals surface area contributed by atoms with E-state index in [9.17, 15) is 68.9 Å². The number of hydrogen-bond donors (Lipinski definition) is 11. The van der Waals surface area contributed by atoms with Gasteiger partial charge in [0.05, 0.1) is 19.3 Å². The van der Waals surface area contributed by atoms with E-state index in [0.29, 0.717) is 0 Å². The van der Waals surface area contributed by atoms with Gasteiger partial charge in [-0.1, -0.05) is 0 Å². The molecule has 0 aromatic heterocycles. The number of aliphatic carboxylic acids is 1. The molecule has 3 heterocycles. The number of phosphoric acid groups is 1. The van der Waals surface area contributed by atoms with Crippen LogP contribution in [0.15, 0.2) is 0 Å². The van der Waals surface area contributed by atoms with E-state index in [0.717, 1.165) is 20.8 Å². The van der Waals surface area contributed by atoms with Crippen molar-refractivity contribution in [3.05, 3.63) is 0 Å². The number of aliphatic hydroxyl groups is 5. The van der Waals surface area contributed by atoms with Crippen LogP contribution in [0.3, 0.4) is 0 Å². The van der Waals surface area contributed by atoms with Gasteiger partial charge in [-0.25, -0.2) is 14.2 Å². The molecule has 0 aromatic rings. The fraction of sp³-hybridized carbons (Fsp3) is 0.793. The third-order valence-corrected chi connectivity index (χ3v) is 9.68. The second-order valence-electron chi connectivity index (χ2n) is 13.1. The molecule has 3 rings (SSSR count). The average Bonchev–Trinajstić information content (AvgIpc) is 3.09. The Morgan fingerprint density at radius 2 is 1.47 bits per heavy atom. The molecule has 0 aliphatic carbocycles. The largest absolute Gasteiger partial charge is 0.479 e. The Morgan fingerprint density at radius 1 is 0.912 bits per heavy atom. The summed E-state index contributed by atoms with van der Waals surface area (Å²) in [6.45, 7) is 1.23. The van der Waals surface area contributed by atoms with Crippen molar-refractivity contribution in [1.29, 1.82) is 0 Å². The molecule has 27 nitrogen and oxygen atoms in total. The molecule has 0 radical (unpaired) electrons. The molecule has 57 heavy (non-hydrogen) atoms. The molecule has 0 spiro atoms. The molecule has 3 saturated heterocycles. The number of carboxylic acids is 1. The number of primary amides is 2. The monoisotopic (exact) mass is 850 g/mol. The molecule has 3 aliphatic rings. The van der Waals surface area contributed by atoms with Crippen molar-refractivity contribution >= 4 is 43.9 Å². The molecule has 3 fully saturated rings. The summed E-state index contributed by atoms with van der Waals surface area (Å²) in [7, 11) is -5.61. The fourth-order valence-corrected chi connectivity index (χ4v) is 6.93. The van der Waals surface area contributed by atoms with Crippen LogP contribution in [-0.2, 0) is 70.7 Å². The normalized spacial score (nSPS) is 38.5. The number of hydrogen-bond acceptors (Lipinski definition) is 21. The van der Waals surface area contributed by atoms with E-state index in [1.807, 2.05) is 0 Å². The van der Waals surface area contributed by atoms with E-state index in [1.54, 1.807) is 0 Å². The lowest BCUT2D eigenvalue weighted by Crippen LogP contribution is -2.72. The highest BCUT2D eigenvalue weighted by Crippen LogP contribution is 2.48. The summed E-state index contributed by atoms with van der Waals surface area (Å²) in [6, 6.07) is -3.28. The van der Waals surface area contributed by atoms with Crippen LogP contribution in [0.2, 0.25) is 0 Å². The topological polar surface area (TPSA) is 420 Å². The zero-order valence-electron chi connectivity index (χ0n) is 30.6. The summed E-state index contributed by atoms with van der Waals surface area (Å²) in [5.74, 6) is -4.78. The van der Waals surface area contributed by atoms with Crippen molar-refractivity contribution in [2.24, 2.45) is 11.5 Å². The molecular formula is C29H47N4O23P. The maximum absolute atomic E-state index is 13.1. The van der Waals surface area contributed by atoms with Gasteiger partial charge in [0.25, 0.3) is 0 Å². The van der Waals surface area contributed by atoms with E-state index >= 15 is 0 Å². The zero-order chi connectivity index (χ0) is 43.2. The second kappa shape index (κ2) is 20.0. The van der Waals surface area contributed by atoms with Crippen LogP contribution in [0.4, 0.5) is 4.79 Å². The highest BCUT2D eigenvalue weighted by molar-refractivity contribution is 7.47. The van der Waals surface area contributed by atoms with Gasteiger partial charge in [0.1, 0.15) is 61.1 Å². The van der Waals surface area contributed by atoms with E-state index in [4.69, 9.17) is 53.7 Å². The summed E-state index contributed by atoms with van der Waals surface area (Å²) >= 11 is 0. The molecule has 0 aromatic carbocycles. The van der Waals surface area contributed by atoms with Crippen LogP contribution in [0.5, 0.6) is 0 Å². The minimum atomic E-state index is -5.61. The summed E-state index contributed by atoms with van der Waals surface area (Å²) in [5, 5.41) is 68.4. The average molecular weight is 851 g/mol. The molecule has 28 heteroatoms. The maximum atomic E-state index is 13.1. The fourth-order valence-electron chi connectivity index (χ4n) is 6.11. The van der Waals surface area contributed by atoms with Gasteiger partial charge in [-0.15, -0.1) is 0 Å². The number of amides is 4. The van der Waals surface area contributed by atoms with Crippen LogP contribution < -0.4 is 22.1 Å². The number of carbonyl (C=O) groups excluding carboxylic acids is 5. The van der Waals surface area contributed by atoms with Crippen LogP contribution in [0.25, 0.3) is 0 Å². The molecule has 326 valence electrons. The van der Waals surface area contributed by atoms with Gasteiger partial charge < -0.3 is 95.6 Å². The number of phosphoric ester groups is 1. The SMILES string of the molecule is CC(=O)N[C@H]1[C@H](O[C@H]2[C@@H](OP(=O)(O)OC[C@@H](OCC=O)C(=O)O)O[C@H](C(N)=O)[C@@](C)(O)[C@@H]2OC(N)=O)O[C@H](CO)[C@@H](O[C@@H]2O[C@H](C)[C@@H](O)[C@H](O)[C@H]2NC(C)=O)[C@@H]1O. The minimum absolute atomic E-state index is 0.175. The van der Waals surface area contributed by atoms with E-state index in [-0.39, 0.29) is 6.29 Å². The molecule has 0 saturated carbocycles. The smallest absolute Gasteiger partial charge is 0.474 e. The number of nitrogens with one attached hydrogen (secondary N) is 2. The number of carboxylic acid groups (broad SMARTS) is 1. The Bertz CT molecular complexity index is 1510. The number of aliphatic hydroxyl groups excluding tert-OH is 4. The molecule has 13 N–H and O–H groups in total. The van der Waals surface area contributed by atoms with Gasteiger partial charge in [0.15, 0.2) is 43.3 Å². The van der Waals surface area contributed by atoms with E-state index in [2.05, 4.69) is 10.6 Å². The maximum Gasteiger partial charge on any atom is 0.474 e. The van der Waals surface area contributed by atoms with Crippen LogP contribution in [0, 0.1) is 0 Å². The Balaban J connectivity index is 2.05. The van der Waals surface area contributed by atoms with Crippen molar-refractivity contribution < 1.29 is 111 Å². The third kappa shape index (κ3) is 12.0. The number of ether oxygens (including phenoxy) is 7. The predicted octanol–water partition coefficient (Wildman–Crippen LogP) is -6.46. The molecule has 17 atom stereocenters. The van der Waals surface area contributed by atoms with Gasteiger partial charge in [-0.3, -0.25) is 23.4 Å². The second-order valence-corrected chi connectivity index (χ2v) is 14.5. The first kappa shape index (κ1) is 47.9. The van der Waals surface area contributed by atoms with Gasteiger partial charge in [0.2, 0.25) is 17.7 Å². The van der Waals surface area contributed by atoms with Crippen molar-refractivity contribution in [1.82, 2.24) is 10.6 Å². The lowest BCUT2D eigenvalue weighted by Gasteiger charge is -2.51. The molecule has 1 unspecified atom stereocenters. The Labute approximate surface area is 322 Å². The van der Waals surface area contributed by atoms with Gasteiger partial charge in [-0.05, 0) is 13.8 Å². The lowest BCUT2D eigenvalue weighted by molar-refractivity contribution is -0.364. The predicted molar refractivity (Wildman–Crippen MR) is 176 cm³/mol. The van der Waals surface area contributed by atoms with Gasteiger partial charge >= 0.3 is 19.9 Å². The van der Waals surface area contributed by atoms with Crippen molar-refractivity contribution in [3.63, 3.8) is 0 Å². The molecular weight excluding hydrogens is 803 g/mol. The summed E-state index contributed by atoms with van der Waals surface area (Å²) < 4.78 is 61.2. The minimum Gasteiger partial charge on any atom is -0.479 e. The standard InChI is InChI=1S/C29H47N4O23P/c1-9-16(38)17(39)14(32-10(2)36)25(50-9)52-19-12(7-35)51-26(15(18(19)40)33-11(3)37)53-20-21(55-28(31)44)29(4,45)22(23(30)41)54-27(20)56-57(46,47)49-8-13(24(42)43)48-6-5-34/h5,9,12-22,25-27,35,38-40,45H,6-8H2,1-4H3,(H2,30,41)(H2,31,44)(H,32,36)(H,33,37)(H,42,43)(H,46,47)/t9-,12-,13-,14-,15-,16-,17-,18-,19-,20-,21-,22-,25+,26+,27-,29+/m1/s1. The van der Waals surface area contributed by atoms with Gasteiger partial charge in [-0.2, -0.15) is 0 Å². The summed E-state index contributed by atoms with van der Waals surface area (Å²) in [5.41, 5.74) is 7.86. The molecule has 3 aliphatic heterocycles. The van der Waals surface area contributed by atoms with Gasteiger partial charge in [0, 0.05) is 13.8 Å². The van der Waals surface area contributed by atoms with Crippen LogP contribution in [-0.4, -0.2) is 189 Å². The van der Waals surface area contributed by atoms with Crippen LogP contribution in [0.1, 0.15) is 27.7 Å². The number of carbonyl (C=O) groups is 6. The quantitative estimate of drug-likeness (QED) is 0.0451. The molecule has 4 amide bonds. The highest BCUT2D eigenvalue weighted by atomic mass is 31.2. The molecule has 0 bridgehead atoms.